The lowest BCUT2D eigenvalue weighted by Crippen LogP contribution is -2.24. The van der Waals surface area contributed by atoms with Crippen LogP contribution in [0.15, 0.2) is 47.4 Å². The van der Waals surface area contributed by atoms with Gasteiger partial charge in [-0.2, -0.15) is 0 Å². The summed E-state index contributed by atoms with van der Waals surface area (Å²) in [6, 6.07) is 12.1. The highest BCUT2D eigenvalue weighted by atomic mass is 32.2. The molecule has 0 aromatic heterocycles. The predicted octanol–water partition coefficient (Wildman–Crippen LogP) is 3.39. The van der Waals surface area contributed by atoms with Gasteiger partial charge in [-0.15, -0.1) is 11.8 Å². The van der Waals surface area contributed by atoms with E-state index in [2.05, 4.69) is 5.32 Å². The Bertz CT molecular complexity index is 749. The molecule has 0 heterocycles. The second-order valence-electron chi connectivity index (χ2n) is 5.02. The average Bonchev–Trinajstić information content (AvgIpc) is 2.60. The number of nitro benzene ring substituents is 1. The third kappa shape index (κ3) is 4.33. The number of nitrogens with zero attached hydrogens (tertiary/aromatic N) is 1. The fourth-order valence-corrected chi connectivity index (χ4v) is 2.72. The summed E-state index contributed by atoms with van der Waals surface area (Å²) in [7, 11) is 1.60. The maximum Gasteiger partial charge on any atom is 0.282 e. The number of carbonyl (C=O) groups is 1. The summed E-state index contributed by atoms with van der Waals surface area (Å²) in [4.78, 5) is 23.8. The van der Waals surface area contributed by atoms with Crippen LogP contribution >= 0.6 is 11.8 Å². The first-order valence-corrected chi connectivity index (χ1v) is 8.45. The molecule has 0 aliphatic carbocycles. The van der Waals surface area contributed by atoms with Crippen molar-refractivity contribution in [2.75, 3.05) is 13.4 Å². The SMILES string of the molecule is COCc1ccccc1CNC(=O)c1cc(SC)ccc1[N+](=O)[O-]. The average molecular weight is 346 g/mol. The molecule has 1 N–H and O–H groups in total. The van der Waals surface area contributed by atoms with Gasteiger partial charge in [0.15, 0.2) is 0 Å². The van der Waals surface area contributed by atoms with Gasteiger partial charge >= 0.3 is 0 Å². The van der Waals surface area contributed by atoms with Crippen molar-refractivity contribution in [3.63, 3.8) is 0 Å². The van der Waals surface area contributed by atoms with Crippen molar-refractivity contribution in [2.24, 2.45) is 0 Å². The molecular formula is C17H18N2O4S. The zero-order chi connectivity index (χ0) is 17.5. The van der Waals surface area contributed by atoms with E-state index in [0.717, 1.165) is 16.0 Å². The Morgan fingerprint density at radius 3 is 2.58 bits per heavy atom. The lowest BCUT2D eigenvalue weighted by molar-refractivity contribution is -0.385. The van der Waals surface area contributed by atoms with Crippen LogP contribution in [0.1, 0.15) is 21.5 Å². The van der Waals surface area contributed by atoms with Gasteiger partial charge in [0, 0.05) is 24.6 Å². The van der Waals surface area contributed by atoms with E-state index in [9.17, 15) is 14.9 Å². The minimum absolute atomic E-state index is 0.0658. The standard InChI is InChI=1S/C17H18N2O4S/c1-23-11-13-6-4-3-5-12(13)10-18-17(20)15-9-14(24-2)7-8-16(15)19(21)22/h3-9H,10-11H2,1-2H3,(H,18,20). The van der Waals surface area contributed by atoms with E-state index >= 15 is 0 Å². The number of thioether (sulfide) groups is 1. The minimum Gasteiger partial charge on any atom is -0.380 e. The molecule has 0 aliphatic rings. The van der Waals surface area contributed by atoms with Crippen LogP contribution in [0.4, 0.5) is 5.69 Å². The molecule has 7 heteroatoms. The summed E-state index contributed by atoms with van der Waals surface area (Å²) >= 11 is 1.43. The van der Waals surface area contributed by atoms with Crippen molar-refractivity contribution in [1.29, 1.82) is 0 Å². The Morgan fingerprint density at radius 1 is 1.25 bits per heavy atom. The van der Waals surface area contributed by atoms with Crippen LogP contribution in [-0.2, 0) is 17.9 Å². The van der Waals surface area contributed by atoms with Crippen LogP contribution in [0.5, 0.6) is 0 Å². The Balaban J connectivity index is 2.20. The smallest absolute Gasteiger partial charge is 0.282 e. The maximum absolute atomic E-state index is 12.4. The molecule has 24 heavy (non-hydrogen) atoms. The molecule has 0 saturated carbocycles. The van der Waals surface area contributed by atoms with Crippen molar-refractivity contribution in [1.82, 2.24) is 5.32 Å². The zero-order valence-electron chi connectivity index (χ0n) is 13.4. The van der Waals surface area contributed by atoms with Crippen molar-refractivity contribution in [3.05, 3.63) is 69.3 Å². The first-order valence-electron chi connectivity index (χ1n) is 7.23. The summed E-state index contributed by atoms with van der Waals surface area (Å²) in [5.41, 5.74) is 1.75. The van der Waals surface area contributed by atoms with Crippen LogP contribution in [0, 0.1) is 10.1 Å². The second kappa shape index (κ2) is 8.47. The van der Waals surface area contributed by atoms with E-state index in [0.29, 0.717) is 6.61 Å². The fourth-order valence-electron chi connectivity index (χ4n) is 2.28. The van der Waals surface area contributed by atoms with Gasteiger partial charge < -0.3 is 10.1 Å². The van der Waals surface area contributed by atoms with Gasteiger partial charge in [0.25, 0.3) is 11.6 Å². The lowest BCUT2D eigenvalue weighted by atomic mass is 10.1. The largest absolute Gasteiger partial charge is 0.380 e. The number of nitrogens with one attached hydrogen (secondary N) is 1. The molecule has 0 aliphatic heterocycles. The number of benzene rings is 2. The third-order valence-electron chi connectivity index (χ3n) is 3.50. The van der Waals surface area contributed by atoms with Crippen LogP contribution in [0.25, 0.3) is 0 Å². The van der Waals surface area contributed by atoms with Gasteiger partial charge in [-0.3, -0.25) is 14.9 Å². The third-order valence-corrected chi connectivity index (χ3v) is 4.23. The Morgan fingerprint density at radius 2 is 1.96 bits per heavy atom. The molecule has 0 fully saturated rings. The number of nitro groups is 1. The number of hydrogen-bond acceptors (Lipinski definition) is 5. The summed E-state index contributed by atoms with van der Waals surface area (Å²) in [5, 5.41) is 13.9. The molecule has 0 radical (unpaired) electrons. The highest BCUT2D eigenvalue weighted by molar-refractivity contribution is 7.98. The van der Waals surface area contributed by atoms with Gasteiger partial charge in [0.05, 0.1) is 11.5 Å². The van der Waals surface area contributed by atoms with Crippen molar-refractivity contribution in [2.45, 2.75) is 18.0 Å². The molecule has 2 rings (SSSR count). The first-order chi connectivity index (χ1) is 11.6. The fraction of sp³-hybridized carbons (Fsp3) is 0.235. The van der Waals surface area contributed by atoms with Gasteiger partial charge in [0.2, 0.25) is 0 Å². The van der Waals surface area contributed by atoms with Gasteiger partial charge in [-0.05, 0) is 29.5 Å². The molecule has 126 valence electrons. The Labute approximate surface area is 144 Å². The molecule has 0 saturated heterocycles. The van der Waals surface area contributed by atoms with Crippen molar-refractivity contribution >= 4 is 23.4 Å². The van der Waals surface area contributed by atoms with E-state index in [1.54, 1.807) is 19.2 Å². The topological polar surface area (TPSA) is 81.5 Å². The van der Waals surface area contributed by atoms with E-state index in [1.165, 1.54) is 17.8 Å². The predicted molar refractivity (Wildman–Crippen MR) is 93.2 cm³/mol. The number of carbonyl (C=O) groups excluding carboxylic acids is 1. The molecule has 0 bridgehead atoms. The van der Waals surface area contributed by atoms with Crippen molar-refractivity contribution < 1.29 is 14.5 Å². The Kier molecular flexibility index (Phi) is 6.34. The van der Waals surface area contributed by atoms with Crippen LogP contribution in [0.2, 0.25) is 0 Å². The number of methoxy groups -OCH3 is 1. The number of hydrogen-bond donors (Lipinski definition) is 1. The first kappa shape index (κ1) is 18.0. The van der Waals surface area contributed by atoms with E-state index in [4.69, 9.17) is 4.74 Å². The van der Waals surface area contributed by atoms with Gasteiger partial charge in [-0.1, -0.05) is 24.3 Å². The molecule has 0 unspecified atom stereocenters. The van der Waals surface area contributed by atoms with Crippen LogP contribution in [-0.4, -0.2) is 24.2 Å². The van der Waals surface area contributed by atoms with Crippen LogP contribution < -0.4 is 5.32 Å². The van der Waals surface area contributed by atoms with Gasteiger partial charge in [0.1, 0.15) is 5.56 Å². The zero-order valence-corrected chi connectivity index (χ0v) is 14.3. The van der Waals surface area contributed by atoms with E-state index in [1.807, 2.05) is 30.5 Å². The van der Waals surface area contributed by atoms with E-state index < -0.39 is 10.8 Å². The summed E-state index contributed by atoms with van der Waals surface area (Å²) < 4.78 is 5.14. The Hall–Kier alpha value is -2.38. The molecule has 0 spiro atoms. The highest BCUT2D eigenvalue weighted by Gasteiger charge is 2.20. The minimum atomic E-state index is -0.544. The molecule has 6 nitrogen and oxygen atoms in total. The summed E-state index contributed by atoms with van der Waals surface area (Å²) in [6.45, 7) is 0.715. The number of ether oxygens (including phenoxy) is 1. The van der Waals surface area contributed by atoms with Gasteiger partial charge in [-0.25, -0.2) is 0 Å². The molecule has 0 atom stereocenters. The molecule has 2 aromatic rings. The number of amides is 1. The molecule has 1 amide bonds. The molecule has 2 aromatic carbocycles. The number of rotatable bonds is 7. The molecular weight excluding hydrogens is 328 g/mol. The quantitative estimate of drug-likeness (QED) is 0.472. The highest BCUT2D eigenvalue weighted by Crippen LogP contribution is 2.24. The maximum atomic E-state index is 12.4. The van der Waals surface area contributed by atoms with Crippen molar-refractivity contribution in [3.8, 4) is 0 Å². The lowest BCUT2D eigenvalue weighted by Gasteiger charge is -2.11. The normalized spacial score (nSPS) is 10.4. The summed E-state index contributed by atoms with van der Waals surface area (Å²) in [6.07, 6.45) is 1.85. The van der Waals surface area contributed by atoms with E-state index in [-0.39, 0.29) is 17.8 Å². The second-order valence-corrected chi connectivity index (χ2v) is 5.90. The van der Waals surface area contributed by atoms with Crippen LogP contribution in [0.3, 0.4) is 0 Å². The monoisotopic (exact) mass is 346 g/mol. The summed E-state index contributed by atoms with van der Waals surface area (Å²) in [5.74, 6) is -0.468.